The lowest BCUT2D eigenvalue weighted by molar-refractivity contribution is -0.152. The molecule has 3 aliphatic rings. The SMILES string of the molecule is CCN1CCC2(CC1)OC(O)C(C)=C2C(=O)N1CCN(c2ccc(C(F)(F)F)cc2)CC1. The molecule has 0 aliphatic carbocycles. The lowest BCUT2D eigenvalue weighted by Crippen LogP contribution is -2.53. The number of ether oxygens (including phenoxy) is 1. The Morgan fingerprint density at radius 1 is 1.09 bits per heavy atom. The first kappa shape index (κ1) is 23.1. The van der Waals surface area contributed by atoms with Crippen LogP contribution in [0.2, 0.25) is 0 Å². The Morgan fingerprint density at radius 3 is 2.22 bits per heavy atom. The fraction of sp³-hybridized carbons (Fsp3) is 0.609. The van der Waals surface area contributed by atoms with Gasteiger partial charge in [-0.3, -0.25) is 4.79 Å². The number of aliphatic hydroxyl groups excluding tert-OH is 1. The van der Waals surface area contributed by atoms with Gasteiger partial charge in [-0.05, 0) is 56.1 Å². The zero-order valence-electron chi connectivity index (χ0n) is 18.5. The van der Waals surface area contributed by atoms with E-state index in [9.17, 15) is 23.1 Å². The maximum Gasteiger partial charge on any atom is 0.416 e. The molecule has 32 heavy (non-hydrogen) atoms. The Morgan fingerprint density at radius 2 is 1.69 bits per heavy atom. The van der Waals surface area contributed by atoms with Gasteiger partial charge < -0.3 is 24.5 Å². The maximum atomic E-state index is 13.5. The Bertz CT molecular complexity index is 869. The number of benzene rings is 1. The van der Waals surface area contributed by atoms with Gasteiger partial charge in [0, 0.05) is 45.0 Å². The summed E-state index contributed by atoms with van der Waals surface area (Å²) < 4.78 is 44.4. The van der Waals surface area contributed by atoms with Crippen LogP contribution in [0.15, 0.2) is 35.4 Å². The second-order valence-corrected chi connectivity index (χ2v) is 8.78. The van der Waals surface area contributed by atoms with Crippen LogP contribution in [0.25, 0.3) is 0 Å². The van der Waals surface area contributed by atoms with Crippen LogP contribution in [0.5, 0.6) is 0 Å². The summed E-state index contributed by atoms with van der Waals surface area (Å²) in [5.74, 6) is -0.101. The van der Waals surface area contributed by atoms with Gasteiger partial charge in [-0.15, -0.1) is 0 Å². The predicted octanol–water partition coefficient (Wildman–Crippen LogP) is 2.87. The lowest BCUT2D eigenvalue weighted by Gasteiger charge is -2.42. The van der Waals surface area contributed by atoms with Crippen LogP contribution in [-0.2, 0) is 15.7 Å². The summed E-state index contributed by atoms with van der Waals surface area (Å²) in [6.45, 7) is 8.42. The topological polar surface area (TPSA) is 56.3 Å². The Balaban J connectivity index is 1.43. The molecular formula is C23H30F3N3O3. The summed E-state index contributed by atoms with van der Waals surface area (Å²) in [4.78, 5) is 19.6. The van der Waals surface area contributed by atoms with Gasteiger partial charge >= 0.3 is 6.18 Å². The highest BCUT2D eigenvalue weighted by molar-refractivity contribution is 5.97. The number of alkyl halides is 3. The molecule has 1 atom stereocenters. The molecule has 0 radical (unpaired) electrons. The van der Waals surface area contributed by atoms with Crippen molar-refractivity contribution in [1.82, 2.24) is 9.80 Å². The summed E-state index contributed by atoms with van der Waals surface area (Å²) in [6.07, 6.45) is -4.08. The molecule has 1 aromatic rings. The number of nitrogens with zero attached hydrogens (tertiary/aromatic N) is 3. The van der Waals surface area contributed by atoms with Gasteiger partial charge in [0.2, 0.25) is 0 Å². The van der Waals surface area contributed by atoms with Crippen molar-refractivity contribution in [2.24, 2.45) is 0 Å². The fourth-order valence-electron chi connectivity index (χ4n) is 4.99. The molecule has 6 nitrogen and oxygen atoms in total. The van der Waals surface area contributed by atoms with Gasteiger partial charge in [0.05, 0.1) is 11.1 Å². The molecule has 0 aromatic heterocycles. The van der Waals surface area contributed by atoms with Crippen molar-refractivity contribution in [3.8, 4) is 0 Å². The molecule has 1 spiro atoms. The number of likely N-dealkylation sites (tertiary alicyclic amines) is 1. The number of carbonyl (C=O) groups excluding carboxylic acids is 1. The van der Waals surface area contributed by atoms with Crippen LogP contribution >= 0.6 is 0 Å². The molecule has 2 saturated heterocycles. The van der Waals surface area contributed by atoms with E-state index in [1.54, 1.807) is 11.8 Å². The van der Waals surface area contributed by atoms with Crippen LogP contribution in [0.1, 0.15) is 32.3 Å². The minimum atomic E-state index is -4.35. The zero-order valence-corrected chi connectivity index (χ0v) is 18.5. The van der Waals surface area contributed by atoms with E-state index in [0.717, 1.165) is 31.8 Å². The third-order valence-corrected chi connectivity index (χ3v) is 7.01. The highest BCUT2D eigenvalue weighted by Crippen LogP contribution is 2.43. The number of piperidine rings is 1. The Hall–Kier alpha value is -2.10. The Kier molecular flexibility index (Phi) is 6.26. The average molecular weight is 454 g/mol. The fourth-order valence-corrected chi connectivity index (χ4v) is 4.99. The first-order valence-corrected chi connectivity index (χ1v) is 11.2. The van der Waals surface area contributed by atoms with Crippen molar-refractivity contribution >= 4 is 11.6 Å². The van der Waals surface area contributed by atoms with Crippen molar-refractivity contribution in [3.05, 3.63) is 41.0 Å². The van der Waals surface area contributed by atoms with Crippen molar-refractivity contribution < 1.29 is 27.8 Å². The second kappa shape index (κ2) is 8.68. The molecule has 0 saturated carbocycles. The molecule has 4 rings (SSSR count). The van der Waals surface area contributed by atoms with Crippen LogP contribution in [0.3, 0.4) is 0 Å². The van der Waals surface area contributed by atoms with Crippen molar-refractivity contribution in [2.45, 2.75) is 44.8 Å². The third-order valence-electron chi connectivity index (χ3n) is 7.01. The smallest absolute Gasteiger partial charge is 0.368 e. The standard InChI is InChI=1S/C23H30F3N3O3/c1-3-27-10-8-22(9-11-27)19(16(2)21(31)32-22)20(30)29-14-12-28(13-15-29)18-6-4-17(5-7-18)23(24,25)26/h4-7,21,31H,3,8-15H2,1-2H3. The third kappa shape index (κ3) is 4.25. The molecule has 2 fully saturated rings. The first-order valence-electron chi connectivity index (χ1n) is 11.2. The number of piperazine rings is 1. The highest BCUT2D eigenvalue weighted by atomic mass is 19.4. The van der Waals surface area contributed by atoms with Gasteiger partial charge in [-0.25, -0.2) is 0 Å². The maximum absolute atomic E-state index is 13.5. The number of carbonyl (C=O) groups is 1. The van der Waals surface area contributed by atoms with Crippen molar-refractivity contribution in [3.63, 3.8) is 0 Å². The van der Waals surface area contributed by atoms with Crippen LogP contribution < -0.4 is 4.90 Å². The number of anilines is 1. The first-order chi connectivity index (χ1) is 15.1. The number of hydrogen-bond acceptors (Lipinski definition) is 5. The predicted molar refractivity (Wildman–Crippen MR) is 114 cm³/mol. The Labute approximate surface area is 186 Å². The average Bonchev–Trinajstić information content (AvgIpc) is 3.02. The van der Waals surface area contributed by atoms with E-state index in [1.165, 1.54) is 12.1 Å². The zero-order chi connectivity index (χ0) is 23.1. The van der Waals surface area contributed by atoms with E-state index in [-0.39, 0.29) is 5.91 Å². The van der Waals surface area contributed by atoms with Crippen LogP contribution in [0.4, 0.5) is 18.9 Å². The normalized spacial score (nSPS) is 24.5. The summed E-state index contributed by atoms with van der Waals surface area (Å²) in [5, 5.41) is 10.4. The monoisotopic (exact) mass is 453 g/mol. The van der Waals surface area contributed by atoms with E-state index in [2.05, 4.69) is 11.8 Å². The number of aliphatic hydroxyl groups is 1. The molecule has 9 heteroatoms. The minimum Gasteiger partial charge on any atom is -0.368 e. The number of rotatable bonds is 3. The van der Waals surface area contributed by atoms with Gasteiger partial charge in [-0.1, -0.05) is 6.92 Å². The molecule has 1 amide bonds. The van der Waals surface area contributed by atoms with E-state index in [4.69, 9.17) is 4.74 Å². The van der Waals surface area contributed by atoms with Crippen LogP contribution in [-0.4, -0.2) is 78.5 Å². The number of amides is 1. The molecule has 176 valence electrons. The summed E-state index contributed by atoms with van der Waals surface area (Å²) in [7, 11) is 0. The molecule has 1 unspecified atom stereocenters. The highest BCUT2D eigenvalue weighted by Gasteiger charge is 2.50. The largest absolute Gasteiger partial charge is 0.416 e. The molecule has 3 aliphatic heterocycles. The quantitative estimate of drug-likeness (QED) is 0.763. The van der Waals surface area contributed by atoms with Crippen molar-refractivity contribution in [2.75, 3.05) is 50.7 Å². The van der Waals surface area contributed by atoms with Crippen LogP contribution in [0, 0.1) is 0 Å². The molecule has 3 heterocycles. The van der Waals surface area contributed by atoms with E-state index in [0.29, 0.717) is 55.9 Å². The van der Waals surface area contributed by atoms with Gasteiger partial charge in [-0.2, -0.15) is 13.2 Å². The summed E-state index contributed by atoms with van der Waals surface area (Å²) >= 11 is 0. The molecule has 1 N–H and O–H groups in total. The van der Waals surface area contributed by atoms with Gasteiger partial charge in [0.15, 0.2) is 6.29 Å². The minimum absolute atomic E-state index is 0.101. The summed E-state index contributed by atoms with van der Waals surface area (Å²) in [5.41, 5.74) is 0.477. The van der Waals surface area contributed by atoms with Crippen molar-refractivity contribution in [1.29, 1.82) is 0 Å². The van der Waals surface area contributed by atoms with E-state index in [1.807, 2.05) is 4.90 Å². The summed E-state index contributed by atoms with van der Waals surface area (Å²) in [6, 6.07) is 5.13. The number of hydrogen-bond donors (Lipinski definition) is 1. The molecule has 1 aromatic carbocycles. The van der Waals surface area contributed by atoms with E-state index < -0.39 is 23.6 Å². The number of halogens is 3. The van der Waals surface area contributed by atoms with Gasteiger partial charge in [0.1, 0.15) is 5.60 Å². The van der Waals surface area contributed by atoms with E-state index >= 15 is 0 Å². The molecular weight excluding hydrogens is 423 g/mol. The second-order valence-electron chi connectivity index (χ2n) is 8.78. The molecule has 0 bridgehead atoms. The lowest BCUT2D eigenvalue weighted by atomic mass is 9.82. The van der Waals surface area contributed by atoms with Gasteiger partial charge in [0.25, 0.3) is 5.91 Å².